The van der Waals surface area contributed by atoms with Crippen molar-refractivity contribution < 1.29 is 5.11 Å². The summed E-state index contributed by atoms with van der Waals surface area (Å²) >= 11 is 0. The summed E-state index contributed by atoms with van der Waals surface area (Å²) in [7, 11) is 0. The summed E-state index contributed by atoms with van der Waals surface area (Å²) < 4.78 is 0. The SMILES string of the molecule is CCc1cc(C(C)(C)O)cc2c1CN(Cc1ccccc1)C2. The number of hydrogen-bond acceptors (Lipinski definition) is 2. The molecule has 116 valence electrons. The molecule has 22 heavy (non-hydrogen) atoms. The molecule has 0 saturated heterocycles. The molecule has 1 aliphatic rings. The van der Waals surface area contributed by atoms with Crippen LogP contribution in [0.15, 0.2) is 42.5 Å². The molecule has 0 bridgehead atoms. The van der Waals surface area contributed by atoms with Crippen LogP contribution in [0.1, 0.15) is 48.6 Å². The van der Waals surface area contributed by atoms with Gasteiger partial charge in [0.1, 0.15) is 0 Å². The summed E-state index contributed by atoms with van der Waals surface area (Å²) in [4.78, 5) is 2.48. The fraction of sp³-hybridized carbons (Fsp3) is 0.400. The standard InChI is InChI=1S/C20H25NO/c1-4-16-10-18(20(2,3)22)11-17-13-21(14-19(16)17)12-15-8-6-5-7-9-15/h5-11,22H,4,12-14H2,1-3H3. The quantitative estimate of drug-likeness (QED) is 0.922. The highest BCUT2D eigenvalue weighted by Gasteiger charge is 2.25. The highest BCUT2D eigenvalue weighted by molar-refractivity contribution is 5.43. The molecule has 0 atom stereocenters. The van der Waals surface area contributed by atoms with Crippen molar-refractivity contribution in [3.63, 3.8) is 0 Å². The first-order valence-electron chi connectivity index (χ1n) is 8.11. The van der Waals surface area contributed by atoms with E-state index in [1.54, 1.807) is 0 Å². The van der Waals surface area contributed by atoms with E-state index >= 15 is 0 Å². The lowest BCUT2D eigenvalue weighted by Gasteiger charge is -2.20. The second-order valence-corrected chi connectivity index (χ2v) is 6.82. The van der Waals surface area contributed by atoms with Crippen LogP contribution in [0.25, 0.3) is 0 Å². The molecular formula is C20H25NO. The minimum absolute atomic E-state index is 0.772. The number of rotatable bonds is 4. The Kier molecular flexibility index (Phi) is 4.07. The van der Waals surface area contributed by atoms with Gasteiger partial charge < -0.3 is 5.11 Å². The Morgan fingerprint density at radius 2 is 1.82 bits per heavy atom. The lowest BCUT2D eigenvalue weighted by atomic mass is 9.91. The maximum Gasteiger partial charge on any atom is 0.0840 e. The molecule has 2 aromatic carbocycles. The van der Waals surface area contributed by atoms with Gasteiger partial charge in [-0.3, -0.25) is 4.90 Å². The molecule has 0 spiro atoms. The lowest BCUT2D eigenvalue weighted by Crippen LogP contribution is -2.16. The molecule has 3 rings (SSSR count). The summed E-state index contributed by atoms with van der Waals surface area (Å²) in [5, 5.41) is 10.3. The first kappa shape index (κ1) is 15.3. The fourth-order valence-corrected chi connectivity index (χ4v) is 3.28. The van der Waals surface area contributed by atoms with Gasteiger partial charge in [-0.15, -0.1) is 0 Å². The molecular weight excluding hydrogens is 270 g/mol. The van der Waals surface area contributed by atoms with Crippen molar-refractivity contribution in [1.82, 2.24) is 4.90 Å². The monoisotopic (exact) mass is 295 g/mol. The molecule has 0 radical (unpaired) electrons. The van der Waals surface area contributed by atoms with Crippen LogP contribution in [0.4, 0.5) is 0 Å². The van der Waals surface area contributed by atoms with Crippen LogP contribution in [0, 0.1) is 0 Å². The smallest absolute Gasteiger partial charge is 0.0840 e. The Bertz CT molecular complexity index is 655. The van der Waals surface area contributed by atoms with Crippen LogP contribution < -0.4 is 0 Å². The second-order valence-electron chi connectivity index (χ2n) is 6.82. The van der Waals surface area contributed by atoms with Gasteiger partial charge in [-0.25, -0.2) is 0 Å². The molecule has 0 saturated carbocycles. The van der Waals surface area contributed by atoms with E-state index in [-0.39, 0.29) is 0 Å². The van der Waals surface area contributed by atoms with Crippen LogP contribution >= 0.6 is 0 Å². The molecule has 1 heterocycles. The lowest BCUT2D eigenvalue weighted by molar-refractivity contribution is 0.0784. The van der Waals surface area contributed by atoms with Gasteiger partial charge in [0, 0.05) is 19.6 Å². The Labute approximate surface area is 133 Å². The Hall–Kier alpha value is -1.64. The summed E-state index contributed by atoms with van der Waals surface area (Å²) in [6, 6.07) is 15.0. The second kappa shape index (κ2) is 5.86. The van der Waals surface area contributed by atoms with Gasteiger partial charge in [-0.1, -0.05) is 49.4 Å². The summed E-state index contributed by atoms with van der Waals surface area (Å²) in [6.45, 7) is 8.90. The average molecular weight is 295 g/mol. The zero-order valence-electron chi connectivity index (χ0n) is 13.8. The van der Waals surface area contributed by atoms with E-state index in [1.807, 2.05) is 13.8 Å². The molecule has 0 unspecified atom stereocenters. The van der Waals surface area contributed by atoms with Crippen LogP contribution in [-0.4, -0.2) is 10.0 Å². The maximum atomic E-state index is 10.3. The first-order valence-corrected chi connectivity index (χ1v) is 8.11. The van der Waals surface area contributed by atoms with E-state index in [1.165, 1.54) is 22.3 Å². The van der Waals surface area contributed by atoms with E-state index < -0.39 is 5.60 Å². The summed E-state index contributed by atoms with van der Waals surface area (Å²) in [6.07, 6.45) is 1.02. The minimum Gasteiger partial charge on any atom is -0.386 e. The Morgan fingerprint density at radius 1 is 1.09 bits per heavy atom. The largest absolute Gasteiger partial charge is 0.386 e. The maximum absolute atomic E-state index is 10.3. The predicted molar refractivity (Wildman–Crippen MR) is 90.5 cm³/mol. The average Bonchev–Trinajstić information content (AvgIpc) is 2.88. The van der Waals surface area contributed by atoms with Crippen molar-refractivity contribution in [3.8, 4) is 0 Å². The van der Waals surface area contributed by atoms with E-state index in [2.05, 4.69) is 54.3 Å². The van der Waals surface area contributed by atoms with Crippen LogP contribution in [0.5, 0.6) is 0 Å². The highest BCUT2D eigenvalue weighted by atomic mass is 16.3. The Balaban J connectivity index is 1.86. The van der Waals surface area contributed by atoms with Gasteiger partial charge >= 0.3 is 0 Å². The third kappa shape index (κ3) is 3.08. The van der Waals surface area contributed by atoms with Crippen molar-refractivity contribution >= 4 is 0 Å². The minimum atomic E-state index is -0.772. The number of nitrogens with zero attached hydrogens (tertiary/aromatic N) is 1. The molecule has 2 nitrogen and oxygen atoms in total. The predicted octanol–water partition coefficient (Wildman–Crippen LogP) is 3.99. The van der Waals surface area contributed by atoms with Crippen LogP contribution in [0.3, 0.4) is 0 Å². The molecule has 2 heteroatoms. The number of fused-ring (bicyclic) bond motifs is 1. The zero-order valence-corrected chi connectivity index (χ0v) is 13.8. The third-order valence-electron chi connectivity index (χ3n) is 4.55. The number of hydrogen-bond donors (Lipinski definition) is 1. The molecule has 1 aliphatic heterocycles. The molecule has 1 N–H and O–H groups in total. The third-order valence-corrected chi connectivity index (χ3v) is 4.55. The number of aryl methyl sites for hydroxylation is 1. The van der Waals surface area contributed by atoms with Crippen molar-refractivity contribution in [2.45, 2.75) is 52.4 Å². The van der Waals surface area contributed by atoms with Crippen molar-refractivity contribution in [2.75, 3.05) is 0 Å². The van der Waals surface area contributed by atoms with Gasteiger partial charge in [-0.2, -0.15) is 0 Å². The molecule has 0 aliphatic carbocycles. The summed E-state index contributed by atoms with van der Waals surface area (Å²) in [5.41, 5.74) is 5.84. The van der Waals surface area contributed by atoms with E-state index in [4.69, 9.17) is 0 Å². The highest BCUT2D eigenvalue weighted by Crippen LogP contribution is 2.32. The topological polar surface area (TPSA) is 23.5 Å². The zero-order chi connectivity index (χ0) is 15.7. The van der Waals surface area contributed by atoms with Gasteiger partial charge in [0.05, 0.1) is 5.60 Å². The van der Waals surface area contributed by atoms with Crippen LogP contribution in [-0.2, 0) is 31.7 Å². The van der Waals surface area contributed by atoms with E-state index in [0.717, 1.165) is 31.6 Å². The van der Waals surface area contributed by atoms with Crippen molar-refractivity contribution in [1.29, 1.82) is 0 Å². The van der Waals surface area contributed by atoms with Crippen molar-refractivity contribution in [2.24, 2.45) is 0 Å². The Morgan fingerprint density at radius 3 is 2.45 bits per heavy atom. The molecule has 2 aromatic rings. The first-order chi connectivity index (χ1) is 10.5. The number of benzene rings is 2. The van der Waals surface area contributed by atoms with E-state index in [0.29, 0.717) is 0 Å². The molecule has 0 aromatic heterocycles. The molecule has 0 amide bonds. The normalized spacial score (nSPS) is 15.1. The van der Waals surface area contributed by atoms with E-state index in [9.17, 15) is 5.11 Å². The fourth-order valence-electron chi connectivity index (χ4n) is 3.28. The van der Waals surface area contributed by atoms with Gasteiger partial charge in [0.15, 0.2) is 0 Å². The van der Waals surface area contributed by atoms with Crippen LogP contribution in [0.2, 0.25) is 0 Å². The number of aliphatic hydroxyl groups is 1. The summed E-state index contributed by atoms with van der Waals surface area (Å²) in [5.74, 6) is 0. The van der Waals surface area contributed by atoms with Gasteiger partial charge in [0.25, 0.3) is 0 Å². The van der Waals surface area contributed by atoms with Crippen molar-refractivity contribution in [3.05, 3.63) is 70.3 Å². The van der Waals surface area contributed by atoms with Gasteiger partial charge in [-0.05, 0) is 48.1 Å². The molecule has 0 fully saturated rings. The van der Waals surface area contributed by atoms with Gasteiger partial charge in [0.2, 0.25) is 0 Å².